The number of aromatic amines is 1. The van der Waals surface area contributed by atoms with Crippen LogP contribution in [0.2, 0.25) is 0 Å². The topological polar surface area (TPSA) is 28.7 Å². The Morgan fingerprint density at radius 2 is 2.56 bits per heavy atom. The summed E-state index contributed by atoms with van der Waals surface area (Å²) in [7, 11) is 0. The molecule has 0 amide bonds. The van der Waals surface area contributed by atoms with Gasteiger partial charge in [0.1, 0.15) is 4.64 Å². The van der Waals surface area contributed by atoms with Crippen molar-refractivity contribution < 1.29 is 0 Å². The summed E-state index contributed by atoms with van der Waals surface area (Å²) in [5, 5.41) is 6.45. The molecule has 0 saturated carbocycles. The van der Waals surface area contributed by atoms with Gasteiger partial charge in [0.2, 0.25) is 0 Å². The Hall–Kier alpha value is -0.350. The quantitative estimate of drug-likeness (QED) is 0.499. The zero-order chi connectivity index (χ0) is 6.69. The Morgan fingerprint density at radius 1 is 1.78 bits per heavy atom. The molecule has 0 aliphatic carbocycles. The summed E-state index contributed by atoms with van der Waals surface area (Å²) < 4.78 is 0.713. The molecule has 0 saturated heterocycles. The van der Waals surface area contributed by atoms with E-state index >= 15 is 0 Å². The van der Waals surface area contributed by atoms with Crippen LogP contribution in [0.1, 0.15) is 0 Å². The fourth-order valence-electron chi connectivity index (χ4n) is 0.492. The molecule has 4 heteroatoms. The molecule has 0 bridgehead atoms. The third-order valence-electron chi connectivity index (χ3n) is 0.910. The van der Waals surface area contributed by atoms with Crippen LogP contribution in [-0.4, -0.2) is 16.5 Å². The first kappa shape index (κ1) is 6.77. The number of nitrogens with zero attached hydrogens (tertiary/aromatic N) is 1. The molecule has 0 aliphatic heterocycles. The molecule has 0 unspecified atom stereocenters. The molecule has 0 aromatic carbocycles. The van der Waals surface area contributed by atoms with Crippen molar-refractivity contribution in [3.8, 4) is 0 Å². The molecule has 1 aromatic heterocycles. The molecule has 0 atom stereocenters. The first-order valence-electron chi connectivity index (χ1n) is 2.42. The van der Waals surface area contributed by atoms with Crippen molar-refractivity contribution in [2.75, 3.05) is 6.26 Å². The smallest absolute Gasteiger partial charge is 0.133 e. The molecule has 9 heavy (non-hydrogen) atoms. The third kappa shape index (κ3) is 1.53. The van der Waals surface area contributed by atoms with E-state index in [-0.39, 0.29) is 0 Å². The van der Waals surface area contributed by atoms with Crippen molar-refractivity contribution in [1.29, 1.82) is 0 Å². The average molecular weight is 158 g/mol. The highest BCUT2D eigenvalue weighted by molar-refractivity contribution is 7.98. The highest BCUT2D eigenvalue weighted by Crippen LogP contribution is 2.11. The minimum atomic E-state index is 0.713. The van der Waals surface area contributed by atoms with Gasteiger partial charge in [-0.25, -0.2) is 0 Å². The number of hydrogen-bond acceptors (Lipinski definition) is 3. The summed E-state index contributed by atoms with van der Waals surface area (Å²) in [6.07, 6.45) is 3.68. The maximum absolute atomic E-state index is 4.91. The Balaban J connectivity index is 3.16. The summed E-state index contributed by atoms with van der Waals surface area (Å²) in [4.78, 5) is 1.07. The van der Waals surface area contributed by atoms with Crippen molar-refractivity contribution in [3.63, 3.8) is 0 Å². The van der Waals surface area contributed by atoms with E-state index < -0.39 is 0 Å². The largest absolute Gasteiger partial charge is 0.267 e. The van der Waals surface area contributed by atoms with Crippen molar-refractivity contribution in [3.05, 3.63) is 16.9 Å². The van der Waals surface area contributed by atoms with Crippen LogP contribution in [-0.2, 0) is 0 Å². The zero-order valence-electron chi connectivity index (χ0n) is 4.92. The number of hydrogen-bond donors (Lipinski definition) is 1. The SMILES string of the molecule is CSc1ccn[nH]c1=S. The van der Waals surface area contributed by atoms with Gasteiger partial charge in [0.05, 0.1) is 0 Å². The summed E-state index contributed by atoms with van der Waals surface area (Å²) in [5.74, 6) is 0. The second-order valence-corrected chi connectivity index (χ2v) is 2.71. The first-order chi connectivity index (χ1) is 4.34. The number of aromatic nitrogens is 2. The third-order valence-corrected chi connectivity index (χ3v) is 2.13. The van der Waals surface area contributed by atoms with E-state index in [1.807, 2.05) is 12.3 Å². The molecule has 0 aliphatic rings. The minimum absolute atomic E-state index is 0.713. The molecule has 2 nitrogen and oxygen atoms in total. The van der Waals surface area contributed by atoms with Crippen LogP contribution in [0.5, 0.6) is 0 Å². The predicted molar refractivity (Wildman–Crippen MR) is 41.2 cm³/mol. The fourth-order valence-corrected chi connectivity index (χ4v) is 1.29. The molecule has 1 N–H and O–H groups in total. The van der Waals surface area contributed by atoms with Gasteiger partial charge in [-0.1, -0.05) is 12.2 Å². The van der Waals surface area contributed by atoms with E-state index in [0.29, 0.717) is 4.64 Å². The fraction of sp³-hybridized carbons (Fsp3) is 0.200. The summed E-state index contributed by atoms with van der Waals surface area (Å²) >= 11 is 6.53. The van der Waals surface area contributed by atoms with Crippen molar-refractivity contribution in [2.24, 2.45) is 0 Å². The van der Waals surface area contributed by atoms with E-state index in [4.69, 9.17) is 12.2 Å². The normalized spacial score (nSPS) is 9.44. The van der Waals surface area contributed by atoms with Gasteiger partial charge in [-0.15, -0.1) is 11.8 Å². The maximum Gasteiger partial charge on any atom is 0.133 e. The number of thioether (sulfide) groups is 1. The second kappa shape index (κ2) is 2.98. The highest BCUT2D eigenvalue weighted by atomic mass is 32.2. The van der Waals surface area contributed by atoms with Crippen molar-refractivity contribution >= 4 is 24.0 Å². The van der Waals surface area contributed by atoms with Crippen LogP contribution in [0, 0.1) is 4.64 Å². The van der Waals surface area contributed by atoms with E-state index in [9.17, 15) is 0 Å². The molecular weight excluding hydrogens is 152 g/mol. The molecule has 1 aromatic rings. The van der Waals surface area contributed by atoms with E-state index in [1.165, 1.54) is 0 Å². The van der Waals surface area contributed by atoms with Crippen LogP contribution in [0.25, 0.3) is 0 Å². The lowest BCUT2D eigenvalue weighted by Crippen LogP contribution is -1.80. The lowest BCUT2D eigenvalue weighted by molar-refractivity contribution is 0.979. The van der Waals surface area contributed by atoms with Crippen LogP contribution in [0.3, 0.4) is 0 Å². The number of nitrogens with one attached hydrogen (secondary N) is 1. The van der Waals surface area contributed by atoms with Gasteiger partial charge in [0, 0.05) is 11.1 Å². The van der Waals surface area contributed by atoms with Gasteiger partial charge in [-0.3, -0.25) is 5.10 Å². The van der Waals surface area contributed by atoms with Gasteiger partial charge in [-0.05, 0) is 12.3 Å². The number of rotatable bonds is 1. The Morgan fingerprint density at radius 3 is 3.00 bits per heavy atom. The van der Waals surface area contributed by atoms with Crippen molar-refractivity contribution in [2.45, 2.75) is 4.90 Å². The van der Waals surface area contributed by atoms with Crippen LogP contribution in [0.4, 0.5) is 0 Å². The highest BCUT2D eigenvalue weighted by Gasteiger charge is 1.88. The van der Waals surface area contributed by atoms with Crippen LogP contribution >= 0.6 is 24.0 Å². The molecule has 0 spiro atoms. The Kier molecular flexibility index (Phi) is 2.24. The summed E-state index contributed by atoms with van der Waals surface area (Å²) in [6.45, 7) is 0. The summed E-state index contributed by atoms with van der Waals surface area (Å²) in [6, 6.07) is 1.89. The Labute approximate surface area is 62.7 Å². The minimum Gasteiger partial charge on any atom is -0.267 e. The molecule has 0 fully saturated rings. The van der Waals surface area contributed by atoms with Gasteiger partial charge in [0.25, 0.3) is 0 Å². The molecule has 1 heterocycles. The number of H-pyrrole nitrogens is 1. The zero-order valence-corrected chi connectivity index (χ0v) is 6.55. The molecule has 1 rings (SSSR count). The summed E-state index contributed by atoms with van der Waals surface area (Å²) in [5.41, 5.74) is 0. The lowest BCUT2D eigenvalue weighted by Gasteiger charge is -1.91. The standard InChI is InChI=1S/C5H6N2S2/c1-9-4-2-3-6-7-5(4)8/h2-3H,1H3,(H,7,8). The lowest BCUT2D eigenvalue weighted by atomic mass is 10.6. The molecular formula is C5H6N2S2. The van der Waals surface area contributed by atoms with E-state index in [0.717, 1.165) is 4.90 Å². The van der Waals surface area contributed by atoms with Gasteiger partial charge in [0.15, 0.2) is 0 Å². The maximum atomic E-state index is 4.91. The molecule has 48 valence electrons. The van der Waals surface area contributed by atoms with Gasteiger partial charge in [-0.2, -0.15) is 5.10 Å². The van der Waals surface area contributed by atoms with Crippen molar-refractivity contribution in [1.82, 2.24) is 10.2 Å². The monoisotopic (exact) mass is 158 g/mol. The Bertz CT molecular complexity index is 243. The van der Waals surface area contributed by atoms with Crippen LogP contribution < -0.4 is 0 Å². The van der Waals surface area contributed by atoms with Gasteiger partial charge >= 0.3 is 0 Å². The van der Waals surface area contributed by atoms with Gasteiger partial charge < -0.3 is 0 Å². The van der Waals surface area contributed by atoms with E-state index in [1.54, 1.807) is 18.0 Å². The second-order valence-electron chi connectivity index (χ2n) is 1.45. The average Bonchev–Trinajstić information content (AvgIpc) is 1.89. The molecule has 0 radical (unpaired) electrons. The van der Waals surface area contributed by atoms with Crippen LogP contribution in [0.15, 0.2) is 17.2 Å². The predicted octanol–water partition coefficient (Wildman–Crippen LogP) is 1.86. The van der Waals surface area contributed by atoms with E-state index in [2.05, 4.69) is 10.2 Å². The first-order valence-corrected chi connectivity index (χ1v) is 4.05.